The van der Waals surface area contributed by atoms with Crippen LogP contribution in [0.5, 0.6) is 0 Å². The summed E-state index contributed by atoms with van der Waals surface area (Å²) in [7, 11) is 2.02. The van der Waals surface area contributed by atoms with Crippen LogP contribution in [-0.4, -0.2) is 245 Å². The maximum atomic E-state index is 11.7. The molecule has 0 saturated carbocycles. The molecule has 0 spiro atoms. The van der Waals surface area contributed by atoms with E-state index < -0.39 is 56.4 Å². The number of ether oxygens (including phenoxy) is 9. The van der Waals surface area contributed by atoms with E-state index in [2.05, 4.69) is 63.2 Å². The van der Waals surface area contributed by atoms with Crippen molar-refractivity contribution in [2.24, 2.45) is 11.8 Å². The van der Waals surface area contributed by atoms with Gasteiger partial charge in [0.1, 0.15) is 25.1 Å². The Labute approximate surface area is 816 Å². The third-order valence-electron chi connectivity index (χ3n) is 15.2. The average Bonchev–Trinajstić information content (AvgIpc) is 1.43. The quantitative estimate of drug-likeness (QED) is 0.00835. The molecular formula is C99H177Cl2O27P5. The second-order valence-corrected chi connectivity index (χ2v) is 41.0. The van der Waals surface area contributed by atoms with Crippen molar-refractivity contribution in [3.63, 3.8) is 0 Å². The summed E-state index contributed by atoms with van der Waals surface area (Å²) in [5.74, 6) is 3.04. The first-order chi connectivity index (χ1) is 61.9. The van der Waals surface area contributed by atoms with E-state index in [9.17, 15) is 42.2 Å². The lowest BCUT2D eigenvalue weighted by Crippen LogP contribution is -2.21. The lowest BCUT2D eigenvalue weighted by molar-refractivity contribution is -0.154. The molecular weight excluding hydrogens is 1850 g/mol. The van der Waals surface area contributed by atoms with Gasteiger partial charge in [0.05, 0.1) is 65.4 Å². The van der Waals surface area contributed by atoms with Crippen LogP contribution in [0.25, 0.3) is 0 Å². The van der Waals surface area contributed by atoms with E-state index in [1.807, 2.05) is 149 Å². The van der Waals surface area contributed by atoms with E-state index in [1.165, 1.54) is 32.3 Å². The minimum Gasteiger partial charge on any atom is -0.501 e. The zero-order valence-corrected chi connectivity index (χ0v) is 92.5. The van der Waals surface area contributed by atoms with Crippen molar-refractivity contribution in [3.8, 4) is 0 Å². The van der Waals surface area contributed by atoms with Crippen LogP contribution >= 0.6 is 61.1 Å². The number of methoxy groups -OCH3 is 8. The summed E-state index contributed by atoms with van der Waals surface area (Å²) in [4.78, 5) is 59.9. The van der Waals surface area contributed by atoms with Gasteiger partial charge in [-0.15, -0.1) is 23.2 Å². The maximum Gasteiger partial charge on any atom is 0.300 e. The van der Waals surface area contributed by atoms with Crippen molar-refractivity contribution in [1.82, 2.24) is 0 Å². The highest BCUT2D eigenvalue weighted by atomic mass is 35.5. The second kappa shape index (κ2) is 108. The van der Waals surface area contributed by atoms with Crippen LogP contribution in [-0.2, 0) is 117 Å². The zero-order chi connectivity index (χ0) is 104. The fraction of sp³-hybridized carbons (Fsp3) is 0.576. The fourth-order valence-corrected chi connectivity index (χ4v) is 13.5. The summed E-state index contributed by atoms with van der Waals surface area (Å²) in [5, 5.41) is 15.9. The molecule has 0 amide bonds. The smallest absolute Gasteiger partial charge is 0.300 e. The molecule has 0 aromatic carbocycles. The number of carbonyl (C=O) groups is 6. The van der Waals surface area contributed by atoms with Gasteiger partial charge in [-0.25, -0.2) is 0 Å². The van der Waals surface area contributed by atoms with Crippen molar-refractivity contribution in [3.05, 3.63) is 214 Å². The number of carboxylic acid groups (broad SMARTS) is 1. The number of hydrogen-bond donors (Lipinski definition) is 2. The monoisotopic (exact) mass is 2020 g/mol. The van der Waals surface area contributed by atoms with E-state index in [0.717, 1.165) is 87.4 Å². The average molecular weight is 2030 g/mol. The number of hydrogen-bond acceptors (Lipinski definition) is 26. The highest BCUT2D eigenvalue weighted by Crippen LogP contribution is 2.46. The molecule has 0 aromatic heterocycles. The third kappa shape index (κ3) is 128. The SMILES string of the molecule is C.C/C(C=O)=C/C=C/C=C(/C)C=O.CC(=O)O.CCOP(C)(=O)C/C=C/CP(C)(=O)OCC.CCOP(C)(=O)C/C=C/CP(C)(=O)OCC.CCOP(C)OCC.CO/C(C)=C/C=C/C=C(/C)C=O.CO/C(C)=C/C=C/C=C(\C)C=O.COC(OC)/C(C)=C/C=C/C=C(\C)C(C)C.COC(OC)C(C)=C/C=C/C=C(C)C(C)C.COC(OC)C(C)=O.ClC/C=C/CCl.OC1CCCO1. The summed E-state index contributed by atoms with van der Waals surface area (Å²) < 4.78 is 122. The van der Waals surface area contributed by atoms with Crippen LogP contribution in [0.2, 0.25) is 0 Å². The van der Waals surface area contributed by atoms with Gasteiger partial charge in [-0.05, 0) is 182 Å². The molecule has 2 N–H and O–H groups in total. The number of alkyl halides is 2. The van der Waals surface area contributed by atoms with E-state index in [4.69, 9.17) is 98.5 Å². The number of carbonyl (C=O) groups excluding carboxylic acids is 5. The Morgan fingerprint density at radius 1 is 0.391 bits per heavy atom. The number of Topliss-reactive ketones (excluding diaryl/α,β-unsaturated/α-hetero) is 1. The maximum absolute atomic E-state index is 11.7. The molecule has 133 heavy (non-hydrogen) atoms. The molecule has 0 bridgehead atoms. The summed E-state index contributed by atoms with van der Waals surface area (Å²) in [6.45, 7) is 53.8. The van der Waals surface area contributed by atoms with Crippen LogP contribution in [0.1, 0.15) is 173 Å². The number of aliphatic hydroxyl groups excluding tert-OH is 1. The van der Waals surface area contributed by atoms with Gasteiger partial charge >= 0.3 is 0 Å². The number of halogens is 2. The molecule has 1 saturated heterocycles. The molecule has 34 heteroatoms. The van der Waals surface area contributed by atoms with Crippen LogP contribution < -0.4 is 0 Å². The first-order valence-corrected chi connectivity index (χ1v) is 54.7. The van der Waals surface area contributed by atoms with Gasteiger partial charge in [-0.1, -0.05) is 192 Å². The molecule has 1 rings (SSSR count). The Kier molecular flexibility index (Phi) is 124. The highest BCUT2D eigenvalue weighted by Gasteiger charge is 2.17. The number of ketones is 1. The predicted octanol–water partition coefficient (Wildman–Crippen LogP) is 25.6. The molecule has 1 fully saturated rings. The van der Waals surface area contributed by atoms with Gasteiger partial charge in [0.15, 0.2) is 33.0 Å². The minimum absolute atomic E-state index is 0. The number of rotatable bonds is 49. The number of allylic oxidation sites excluding steroid dienone is 34. The predicted molar refractivity (Wildman–Crippen MR) is 562 cm³/mol. The molecule has 0 aromatic rings. The fourth-order valence-electron chi connectivity index (χ4n) is 7.69. The van der Waals surface area contributed by atoms with Crippen LogP contribution in [0.15, 0.2) is 214 Å². The summed E-state index contributed by atoms with van der Waals surface area (Å²) in [5.41, 5.74) is 7.57. The Bertz CT molecular complexity index is 3420. The number of aliphatic hydroxyl groups is 1. The van der Waals surface area contributed by atoms with E-state index in [-0.39, 0.29) is 25.8 Å². The van der Waals surface area contributed by atoms with Crippen molar-refractivity contribution >= 4 is 97.9 Å². The summed E-state index contributed by atoms with van der Waals surface area (Å²) in [6.07, 6.45) is 53.1. The van der Waals surface area contributed by atoms with Crippen molar-refractivity contribution in [1.29, 1.82) is 0 Å². The zero-order valence-electron chi connectivity index (χ0n) is 86.5. The second-order valence-electron chi connectivity index (χ2n) is 28.4. The van der Waals surface area contributed by atoms with Gasteiger partial charge in [-0.3, -0.25) is 47.0 Å². The largest absolute Gasteiger partial charge is 0.501 e. The molecule has 27 nitrogen and oxygen atoms in total. The molecule has 5 unspecified atom stereocenters. The Morgan fingerprint density at radius 2 is 0.617 bits per heavy atom. The first-order valence-electron chi connectivity index (χ1n) is 42.9. The van der Waals surface area contributed by atoms with Crippen LogP contribution in [0.4, 0.5) is 0 Å². The lowest BCUT2D eigenvalue weighted by atomic mass is 10.1. The molecule has 0 radical (unpaired) electrons. The van der Waals surface area contributed by atoms with Crippen molar-refractivity contribution in [2.45, 2.75) is 198 Å². The Hall–Kier alpha value is -5.89. The molecule has 774 valence electrons. The molecule has 0 aliphatic carbocycles. The Balaban J connectivity index is -0.000000122. The molecule has 5 atom stereocenters. The van der Waals surface area contributed by atoms with Crippen LogP contribution in [0, 0.1) is 11.8 Å². The van der Waals surface area contributed by atoms with Gasteiger partial charge in [0.25, 0.3) is 5.97 Å². The standard InChI is InChI=1S/2C14H24O2.2C10H22O4P2.2C10H14O2.C10H12O2.C5H10O3.C5H13O2P.C4H6Cl2.C4H8O2.C2H4O2.CH4/c2*1-11(2)12(3)9-7-8-10-13(4)14(15-5)16-6;2*1-5-13-15(3,11)9-7-8-10-16(4,12)14-6-2;2*1-9(8-11)6-4-5-7-10(2)12-3;1-9(7-11)5-3-4-6-10(2)8-12;1-4(6)5(7-2)8-3;1-4-6-8(3)7-5-2;5-3-1-2-4-6;5-4-2-1-3-6-4;1-2(3)4;/h2*7-11,14H,1-6H3;2*7-8H,5-6,9-10H2,1-4H3;2*4-8H,1-3H3;3-8H,1-2H3;5H,1-3H3;4-5H2,1-3H3;1-2H,3-4H2;4-5H,1-3H2;1H3,(H,3,4);1H4/b8-7+,12-9?,13-10?;8-7+,12-9+,13-10+;2*8-7+;5-4+,9-6+,10-7+;5-4+,9-6-,10-7+;4-3+,9-5-,10-6-;;;2-1+;;;. The van der Waals surface area contributed by atoms with Gasteiger partial charge < -0.3 is 80.0 Å². The topological polar surface area (TPSA) is 350 Å². The Morgan fingerprint density at radius 3 is 0.767 bits per heavy atom. The molecule has 1 aliphatic heterocycles. The minimum atomic E-state index is -2.51. The van der Waals surface area contributed by atoms with Gasteiger partial charge in [-0.2, -0.15) is 0 Å². The molecule has 1 heterocycles. The number of aliphatic carboxylic acids is 1. The van der Waals surface area contributed by atoms with E-state index in [1.54, 1.807) is 170 Å². The third-order valence-corrected chi connectivity index (χ3v) is 23.5. The van der Waals surface area contributed by atoms with E-state index >= 15 is 0 Å². The number of aldehydes is 4. The summed E-state index contributed by atoms with van der Waals surface area (Å²) in [6, 6.07) is 0. The van der Waals surface area contributed by atoms with Crippen molar-refractivity contribution in [2.75, 3.05) is 173 Å². The molecule has 1 aliphatic rings. The highest BCUT2D eigenvalue weighted by molar-refractivity contribution is 7.59. The number of carboxylic acids is 1. The summed E-state index contributed by atoms with van der Waals surface area (Å²) >= 11 is 10.5. The van der Waals surface area contributed by atoms with Crippen LogP contribution in [0.3, 0.4) is 0 Å². The normalized spacial score (nSPS) is 15.3. The van der Waals surface area contributed by atoms with Gasteiger partial charge in [0.2, 0.25) is 35.8 Å². The van der Waals surface area contributed by atoms with E-state index in [0.29, 0.717) is 97.0 Å². The van der Waals surface area contributed by atoms with Crippen molar-refractivity contribution < 1.29 is 127 Å². The van der Waals surface area contributed by atoms with Gasteiger partial charge in [0, 0.05) is 132 Å². The lowest BCUT2D eigenvalue weighted by Gasteiger charge is -2.12. The first kappa shape index (κ1) is 153.